The second-order valence-electron chi connectivity index (χ2n) is 1.79. The Kier molecular flexibility index (Phi) is 2.95. The molecule has 2 heterocycles. The summed E-state index contributed by atoms with van der Waals surface area (Å²) in [5.74, 6) is 0. The normalized spacial score (nSPS) is 12.5. The van der Waals surface area contributed by atoms with Gasteiger partial charge in [0, 0.05) is 9.40 Å². The van der Waals surface area contributed by atoms with Gasteiger partial charge in [-0.05, 0) is 24.3 Å². The monoisotopic (exact) mass is 189 g/mol. The predicted molar refractivity (Wildman–Crippen MR) is 44.6 cm³/mol. The molecule has 0 aliphatic carbocycles. The molecule has 0 aliphatic rings. The van der Waals surface area contributed by atoms with Gasteiger partial charge < -0.3 is 9.11 Å². The number of rotatable bonds is 0. The summed E-state index contributed by atoms with van der Waals surface area (Å²) in [5.41, 5.74) is 0. The predicted octanol–water partition coefficient (Wildman–Crippen LogP) is 1.68. The molecule has 2 aromatic rings. The summed E-state index contributed by atoms with van der Waals surface area (Å²) in [5, 5.41) is 0. The highest BCUT2D eigenvalue weighted by Crippen LogP contribution is 2.22. The average Bonchev–Trinajstić information content (AvgIpc) is 2.45. The maximum atomic E-state index is 8.56. The highest BCUT2D eigenvalue weighted by atomic mass is 32.2. The fourth-order valence-corrected chi connectivity index (χ4v) is 1.53. The molecule has 60 valence electrons. The van der Waals surface area contributed by atoms with Crippen molar-refractivity contribution in [3.05, 3.63) is 24.3 Å². The van der Waals surface area contributed by atoms with Crippen LogP contribution in [0.1, 0.15) is 0 Å². The molecule has 0 aromatic carbocycles. The van der Waals surface area contributed by atoms with Crippen LogP contribution in [0.25, 0.3) is 9.40 Å². The Labute approximate surface area is 70.1 Å². The molecule has 1 N–H and O–H groups in total. The molecule has 0 saturated heterocycles. The number of benzene rings is 1. The molecule has 0 spiro atoms. The molecule has 11 heavy (non-hydrogen) atoms. The van der Waals surface area contributed by atoms with Crippen molar-refractivity contribution in [3.63, 3.8) is 0 Å². The Morgan fingerprint density at radius 2 is 1.55 bits per heavy atom. The van der Waals surface area contributed by atoms with Gasteiger partial charge in [0.15, 0.2) is 0 Å². The Morgan fingerprint density at radius 3 is 1.64 bits per heavy atom. The van der Waals surface area contributed by atoms with Gasteiger partial charge in [-0.2, -0.15) is 0 Å². The van der Waals surface area contributed by atoms with E-state index in [9.17, 15) is 0 Å². The van der Waals surface area contributed by atoms with Crippen molar-refractivity contribution in [1.82, 2.24) is 0 Å². The van der Waals surface area contributed by atoms with Gasteiger partial charge in [-0.25, -0.2) is 4.21 Å². The van der Waals surface area contributed by atoms with Crippen molar-refractivity contribution >= 4 is 32.1 Å². The topological polar surface area (TPSA) is 60.4 Å². The summed E-state index contributed by atoms with van der Waals surface area (Å²) in [6, 6.07) is 8.56. The van der Waals surface area contributed by atoms with Gasteiger partial charge >= 0.3 is 0 Å². The Hall–Kier alpha value is -0.490. The minimum atomic E-state index is -2.86. The lowest BCUT2D eigenvalue weighted by molar-refractivity contribution is 0.436. The molecule has 0 amide bonds. The van der Waals surface area contributed by atoms with E-state index in [4.69, 9.17) is 13.3 Å². The highest BCUT2D eigenvalue weighted by Gasteiger charge is 1.89. The van der Waals surface area contributed by atoms with Crippen LogP contribution in [0.2, 0.25) is 0 Å². The summed E-state index contributed by atoms with van der Waals surface area (Å²) < 4.78 is 26.9. The molecular weight excluding hydrogens is 184 g/mol. The third kappa shape index (κ3) is 2.94. The quantitative estimate of drug-likeness (QED) is 0.641. The molecule has 0 aliphatic heterocycles. The molecule has 2 bridgehead atoms. The van der Waals surface area contributed by atoms with Crippen LogP contribution in [0, 0.1) is 0 Å². The van der Waals surface area contributed by atoms with E-state index in [-0.39, 0.29) is 0 Å². The molecule has 2 aromatic heterocycles. The summed E-state index contributed by atoms with van der Waals surface area (Å²) in [6.45, 7) is 0. The van der Waals surface area contributed by atoms with Crippen LogP contribution in [0.15, 0.2) is 24.3 Å². The standard InChI is InChI=1S/C6H4S.H2O3S/c1-2-6-4-3-5(1)7-6;1-4(2)3/h1-4H;(H2,1,2,3)/p-1. The fourth-order valence-electron chi connectivity index (χ4n) is 0.712. The van der Waals surface area contributed by atoms with E-state index >= 15 is 0 Å². The minimum absolute atomic E-state index is 1.38. The van der Waals surface area contributed by atoms with Crippen LogP contribution in [-0.4, -0.2) is 13.3 Å². The van der Waals surface area contributed by atoms with Crippen LogP contribution in [-0.2, 0) is 11.4 Å². The lowest BCUT2D eigenvalue weighted by atomic mass is 10.4. The van der Waals surface area contributed by atoms with Crippen molar-refractivity contribution in [1.29, 1.82) is 0 Å². The summed E-state index contributed by atoms with van der Waals surface area (Å²) in [7, 11) is 0. The second-order valence-corrected chi connectivity index (χ2v) is 3.37. The van der Waals surface area contributed by atoms with Gasteiger partial charge in [0.1, 0.15) is 0 Å². The van der Waals surface area contributed by atoms with E-state index in [2.05, 4.69) is 24.3 Å². The first-order chi connectivity index (χ1) is 5.18. The van der Waals surface area contributed by atoms with Crippen molar-refractivity contribution in [2.45, 2.75) is 0 Å². The lowest BCUT2D eigenvalue weighted by Gasteiger charge is -1.83. The van der Waals surface area contributed by atoms with Gasteiger partial charge in [-0.3, -0.25) is 0 Å². The summed E-state index contributed by atoms with van der Waals surface area (Å²) in [6.07, 6.45) is 0. The average molecular weight is 189 g/mol. The van der Waals surface area contributed by atoms with E-state index in [1.807, 2.05) is 11.3 Å². The van der Waals surface area contributed by atoms with Gasteiger partial charge in [0.2, 0.25) is 0 Å². The van der Waals surface area contributed by atoms with Crippen LogP contribution >= 0.6 is 11.3 Å². The Morgan fingerprint density at radius 1 is 1.27 bits per heavy atom. The molecule has 5 heteroatoms. The van der Waals surface area contributed by atoms with Gasteiger partial charge in [0.05, 0.1) is 11.4 Å². The van der Waals surface area contributed by atoms with Crippen LogP contribution in [0.5, 0.6) is 0 Å². The first-order valence-electron chi connectivity index (χ1n) is 2.75. The highest BCUT2D eigenvalue weighted by molar-refractivity contribution is 7.73. The number of fused-ring (bicyclic) bond motifs is 2. The second kappa shape index (κ2) is 3.77. The van der Waals surface area contributed by atoms with Crippen molar-refractivity contribution in [2.75, 3.05) is 0 Å². The molecule has 3 nitrogen and oxygen atoms in total. The smallest absolute Gasteiger partial charge is 0.0814 e. The largest absolute Gasteiger partial charge is 0.750 e. The lowest BCUT2D eigenvalue weighted by Crippen LogP contribution is -1.75. The molecular formula is C6H5O3S2-. The van der Waals surface area contributed by atoms with E-state index in [1.165, 1.54) is 9.40 Å². The maximum absolute atomic E-state index is 8.56. The van der Waals surface area contributed by atoms with E-state index in [0.717, 1.165) is 0 Å². The van der Waals surface area contributed by atoms with E-state index < -0.39 is 11.4 Å². The van der Waals surface area contributed by atoms with Crippen LogP contribution in [0.3, 0.4) is 0 Å². The van der Waals surface area contributed by atoms with Crippen molar-refractivity contribution < 1.29 is 13.3 Å². The van der Waals surface area contributed by atoms with Crippen molar-refractivity contribution in [3.8, 4) is 0 Å². The number of hydrogen-bond acceptors (Lipinski definition) is 3. The molecule has 0 radical (unpaired) electrons. The van der Waals surface area contributed by atoms with Crippen LogP contribution in [0.4, 0.5) is 0 Å². The first kappa shape index (κ1) is 8.61. The number of hydrogen-bond donors (Lipinski definition) is 1. The zero-order valence-electron chi connectivity index (χ0n) is 5.39. The number of thiophene rings is 2. The van der Waals surface area contributed by atoms with E-state index in [0.29, 0.717) is 0 Å². The van der Waals surface area contributed by atoms with Crippen molar-refractivity contribution in [2.24, 2.45) is 0 Å². The van der Waals surface area contributed by atoms with E-state index in [1.54, 1.807) is 0 Å². The zero-order chi connectivity index (χ0) is 8.27. The molecule has 1 atom stereocenters. The Balaban J connectivity index is 0.000000134. The molecule has 1 unspecified atom stereocenters. The maximum Gasteiger partial charge on any atom is 0.0814 e. The fraction of sp³-hybridized carbons (Fsp3) is 0. The minimum Gasteiger partial charge on any atom is -0.750 e. The zero-order valence-corrected chi connectivity index (χ0v) is 7.02. The molecule has 2 rings (SSSR count). The SMILES string of the molecule is O=S([O-])O.c1cc2ccc1s2. The summed E-state index contributed by atoms with van der Waals surface area (Å²) >= 11 is -1.02. The summed E-state index contributed by atoms with van der Waals surface area (Å²) in [4.78, 5) is 0. The third-order valence-electron chi connectivity index (χ3n) is 1.06. The van der Waals surface area contributed by atoms with Crippen LogP contribution < -0.4 is 0 Å². The first-order valence-corrected chi connectivity index (χ1v) is 4.59. The Bertz CT molecular complexity index is 281. The van der Waals surface area contributed by atoms with Gasteiger partial charge in [-0.15, -0.1) is 11.3 Å². The van der Waals surface area contributed by atoms with Gasteiger partial charge in [0.25, 0.3) is 0 Å². The van der Waals surface area contributed by atoms with Gasteiger partial charge in [-0.1, -0.05) is 0 Å². The molecule has 0 fully saturated rings. The third-order valence-corrected chi connectivity index (χ3v) is 2.08. The molecule has 0 saturated carbocycles.